The molecule has 194 valence electrons. The number of esters is 2. The highest BCUT2D eigenvalue weighted by atomic mass is 16.7. The van der Waals surface area contributed by atoms with Crippen LogP contribution in [-0.2, 0) is 19.1 Å². The van der Waals surface area contributed by atoms with Gasteiger partial charge in [-0.25, -0.2) is 4.79 Å². The smallest absolute Gasteiger partial charge is 0.330 e. The van der Waals surface area contributed by atoms with Crippen LogP contribution in [0.3, 0.4) is 0 Å². The van der Waals surface area contributed by atoms with Crippen molar-refractivity contribution in [3.8, 4) is 28.7 Å². The van der Waals surface area contributed by atoms with Crippen LogP contribution >= 0.6 is 0 Å². The second kappa shape index (κ2) is 11.2. The number of ether oxygens (including phenoxy) is 7. The van der Waals surface area contributed by atoms with Gasteiger partial charge in [-0.05, 0) is 67.8 Å². The summed E-state index contributed by atoms with van der Waals surface area (Å²) in [5.74, 6) is 0.918. The van der Waals surface area contributed by atoms with Gasteiger partial charge in [0.25, 0.3) is 0 Å². The predicted octanol–water partition coefficient (Wildman–Crippen LogP) is 4.49. The first-order valence-corrected chi connectivity index (χ1v) is 11.3. The van der Waals surface area contributed by atoms with Crippen LogP contribution in [0, 0.1) is 0 Å². The van der Waals surface area contributed by atoms with E-state index in [-0.39, 0.29) is 13.2 Å². The molecule has 0 aliphatic carbocycles. The molecule has 36 heavy (non-hydrogen) atoms. The van der Waals surface area contributed by atoms with Crippen LogP contribution in [0.1, 0.15) is 49.8 Å². The van der Waals surface area contributed by atoms with Gasteiger partial charge in [-0.15, -0.1) is 0 Å². The Bertz CT molecular complexity index is 1120. The highest BCUT2D eigenvalue weighted by molar-refractivity contribution is 5.87. The number of benzene rings is 2. The van der Waals surface area contributed by atoms with Crippen molar-refractivity contribution in [2.75, 3.05) is 35.2 Å². The number of hydrogen-bond acceptors (Lipinski definition) is 9. The quantitative estimate of drug-likeness (QED) is 0.364. The van der Waals surface area contributed by atoms with Crippen molar-refractivity contribution in [3.63, 3.8) is 0 Å². The van der Waals surface area contributed by atoms with Crippen molar-refractivity contribution in [2.24, 2.45) is 0 Å². The molecule has 0 spiro atoms. The molecule has 1 aliphatic rings. The fraction of sp³-hybridized carbons (Fsp3) is 0.407. The molecule has 0 fully saturated rings. The first-order chi connectivity index (χ1) is 17.1. The maximum absolute atomic E-state index is 13.0. The van der Waals surface area contributed by atoms with E-state index < -0.39 is 23.5 Å². The van der Waals surface area contributed by atoms with Gasteiger partial charge in [0.15, 0.2) is 23.0 Å². The second-order valence-corrected chi connectivity index (χ2v) is 8.99. The number of methoxy groups -OCH3 is 4. The Hall–Kier alpha value is -3.88. The van der Waals surface area contributed by atoms with E-state index in [4.69, 9.17) is 33.2 Å². The lowest BCUT2D eigenvalue weighted by atomic mass is 9.84. The lowest BCUT2D eigenvalue weighted by Gasteiger charge is -2.25. The Morgan fingerprint density at radius 3 is 2.08 bits per heavy atom. The SMILES string of the molecule is COC(=O)/C=C/c1cc2c(cc1[C@H](CC(=O)OC(C)(C)C)c1cc(OC)c(OC)c(OC)c1)OCO2. The fourth-order valence-corrected chi connectivity index (χ4v) is 3.91. The number of rotatable bonds is 9. The summed E-state index contributed by atoms with van der Waals surface area (Å²) in [7, 11) is 5.87. The summed E-state index contributed by atoms with van der Waals surface area (Å²) in [5, 5.41) is 0. The minimum Gasteiger partial charge on any atom is -0.493 e. The lowest BCUT2D eigenvalue weighted by molar-refractivity contribution is -0.155. The molecular weight excluding hydrogens is 468 g/mol. The minimum absolute atomic E-state index is 0.00534. The summed E-state index contributed by atoms with van der Waals surface area (Å²) in [5.41, 5.74) is 1.40. The highest BCUT2D eigenvalue weighted by Gasteiger charge is 2.29. The molecule has 2 aromatic rings. The monoisotopic (exact) mass is 500 g/mol. The molecule has 0 N–H and O–H groups in total. The average molecular weight is 501 g/mol. The van der Waals surface area contributed by atoms with Gasteiger partial charge in [0, 0.05) is 12.0 Å². The maximum Gasteiger partial charge on any atom is 0.330 e. The molecule has 0 radical (unpaired) electrons. The Morgan fingerprint density at radius 1 is 0.944 bits per heavy atom. The summed E-state index contributed by atoms with van der Waals surface area (Å²) < 4.78 is 38.1. The Morgan fingerprint density at radius 2 is 1.56 bits per heavy atom. The van der Waals surface area contributed by atoms with Gasteiger partial charge >= 0.3 is 11.9 Å². The highest BCUT2D eigenvalue weighted by Crippen LogP contribution is 2.45. The molecule has 1 atom stereocenters. The molecular formula is C27H32O9. The van der Waals surface area contributed by atoms with E-state index in [0.29, 0.717) is 45.4 Å². The Labute approximate surface area is 210 Å². The number of hydrogen-bond donors (Lipinski definition) is 0. The molecule has 0 aromatic heterocycles. The minimum atomic E-state index is -0.667. The summed E-state index contributed by atoms with van der Waals surface area (Å²) in [6.45, 7) is 5.50. The van der Waals surface area contributed by atoms with E-state index in [0.717, 1.165) is 0 Å². The van der Waals surface area contributed by atoms with Crippen LogP contribution in [0.15, 0.2) is 30.3 Å². The van der Waals surface area contributed by atoms with Gasteiger partial charge in [-0.2, -0.15) is 0 Å². The van der Waals surface area contributed by atoms with Gasteiger partial charge in [0.2, 0.25) is 12.5 Å². The molecule has 0 saturated carbocycles. The van der Waals surface area contributed by atoms with E-state index in [9.17, 15) is 9.59 Å². The van der Waals surface area contributed by atoms with E-state index in [1.807, 2.05) is 20.8 Å². The van der Waals surface area contributed by atoms with Crippen LogP contribution in [0.2, 0.25) is 0 Å². The topological polar surface area (TPSA) is 98.8 Å². The first-order valence-electron chi connectivity index (χ1n) is 11.3. The lowest BCUT2D eigenvalue weighted by Crippen LogP contribution is -2.25. The number of fused-ring (bicyclic) bond motifs is 1. The van der Waals surface area contributed by atoms with Crippen molar-refractivity contribution in [1.82, 2.24) is 0 Å². The zero-order valence-corrected chi connectivity index (χ0v) is 21.6. The first kappa shape index (κ1) is 26.7. The van der Waals surface area contributed by atoms with E-state index in [1.54, 1.807) is 30.3 Å². The standard InChI is InChI=1S/C27H32O9/c1-27(2,3)36-25(29)14-19(17-11-22(30-4)26(33-7)23(12-17)31-5)18-13-21-20(34-15-35-21)10-16(18)8-9-24(28)32-6/h8-13,19H,14-15H2,1-7H3/b9-8+/t19-/m1/s1. The van der Waals surface area contributed by atoms with Crippen molar-refractivity contribution >= 4 is 18.0 Å². The summed E-state index contributed by atoms with van der Waals surface area (Å²) in [6.07, 6.45) is 2.92. The molecule has 0 bridgehead atoms. The second-order valence-electron chi connectivity index (χ2n) is 8.99. The largest absolute Gasteiger partial charge is 0.493 e. The van der Waals surface area contributed by atoms with E-state index in [1.165, 1.54) is 34.5 Å². The van der Waals surface area contributed by atoms with Gasteiger partial charge in [0.1, 0.15) is 5.60 Å². The molecule has 0 saturated heterocycles. The molecule has 2 aromatic carbocycles. The molecule has 1 heterocycles. The number of carbonyl (C=O) groups excluding carboxylic acids is 2. The van der Waals surface area contributed by atoms with Gasteiger partial charge in [0.05, 0.1) is 34.9 Å². The summed E-state index contributed by atoms with van der Waals surface area (Å²) in [6, 6.07) is 7.14. The predicted molar refractivity (Wildman–Crippen MR) is 132 cm³/mol. The zero-order chi connectivity index (χ0) is 26.5. The van der Waals surface area contributed by atoms with Crippen molar-refractivity contribution in [3.05, 3.63) is 47.0 Å². The third-order valence-electron chi connectivity index (χ3n) is 5.43. The van der Waals surface area contributed by atoms with Crippen LogP contribution in [0.25, 0.3) is 6.08 Å². The fourth-order valence-electron chi connectivity index (χ4n) is 3.91. The van der Waals surface area contributed by atoms with E-state index in [2.05, 4.69) is 0 Å². The van der Waals surface area contributed by atoms with Gasteiger partial charge < -0.3 is 33.2 Å². The van der Waals surface area contributed by atoms with Gasteiger partial charge in [-0.3, -0.25) is 4.79 Å². The maximum atomic E-state index is 13.0. The molecule has 9 heteroatoms. The van der Waals surface area contributed by atoms with Gasteiger partial charge in [-0.1, -0.05) is 0 Å². The zero-order valence-electron chi connectivity index (χ0n) is 21.6. The van der Waals surface area contributed by atoms with Crippen molar-refractivity contribution in [2.45, 2.75) is 38.7 Å². The molecule has 0 amide bonds. The normalized spacial score (nSPS) is 13.3. The van der Waals surface area contributed by atoms with Crippen LogP contribution in [-0.4, -0.2) is 52.8 Å². The van der Waals surface area contributed by atoms with Crippen LogP contribution in [0.4, 0.5) is 0 Å². The Balaban J connectivity index is 2.22. The molecule has 0 unspecified atom stereocenters. The third kappa shape index (κ3) is 6.21. The van der Waals surface area contributed by atoms with Crippen LogP contribution < -0.4 is 23.7 Å². The third-order valence-corrected chi connectivity index (χ3v) is 5.43. The molecule has 3 rings (SSSR count). The average Bonchev–Trinajstić information content (AvgIpc) is 3.30. The van der Waals surface area contributed by atoms with E-state index >= 15 is 0 Å². The van der Waals surface area contributed by atoms with Crippen molar-refractivity contribution in [1.29, 1.82) is 0 Å². The molecule has 9 nitrogen and oxygen atoms in total. The Kier molecular flexibility index (Phi) is 8.34. The number of carbonyl (C=O) groups is 2. The summed E-state index contributed by atoms with van der Waals surface area (Å²) >= 11 is 0. The van der Waals surface area contributed by atoms with Crippen LogP contribution in [0.5, 0.6) is 28.7 Å². The van der Waals surface area contributed by atoms with Crippen molar-refractivity contribution < 1.29 is 42.7 Å². The summed E-state index contributed by atoms with van der Waals surface area (Å²) in [4.78, 5) is 24.9. The molecule has 1 aliphatic heterocycles.